The van der Waals surface area contributed by atoms with Crippen molar-refractivity contribution in [2.24, 2.45) is 0 Å². The lowest BCUT2D eigenvalue weighted by Gasteiger charge is -2.15. The van der Waals surface area contributed by atoms with Crippen molar-refractivity contribution in [3.05, 3.63) is 51.5 Å². The minimum Gasteiger partial charge on any atom is -0.454 e. The predicted octanol–water partition coefficient (Wildman–Crippen LogP) is 4.21. The van der Waals surface area contributed by atoms with Gasteiger partial charge in [0.1, 0.15) is 0 Å². The van der Waals surface area contributed by atoms with Gasteiger partial charge in [0.2, 0.25) is 6.79 Å². The molecule has 2 aromatic carbocycles. The fraction of sp³-hybridized carbons (Fsp3) is 0.222. The number of rotatable bonds is 4. The first-order chi connectivity index (χ1) is 12.4. The van der Waals surface area contributed by atoms with Crippen molar-refractivity contribution < 1.29 is 23.8 Å². The van der Waals surface area contributed by atoms with Gasteiger partial charge in [-0.15, -0.1) is 0 Å². The molecule has 0 unspecified atom stereocenters. The molecule has 0 fully saturated rings. The Balaban J connectivity index is 1.68. The second kappa shape index (κ2) is 7.43. The molecule has 1 aliphatic rings. The summed E-state index contributed by atoms with van der Waals surface area (Å²) >= 11 is 12.1. The number of anilines is 1. The number of nitrogens with one attached hydrogen (secondary N) is 1. The molecule has 0 saturated heterocycles. The molecule has 1 amide bonds. The Morgan fingerprint density at radius 3 is 2.73 bits per heavy atom. The molecule has 0 saturated carbocycles. The topological polar surface area (TPSA) is 73.9 Å². The number of amides is 1. The zero-order valence-corrected chi connectivity index (χ0v) is 15.5. The predicted molar refractivity (Wildman–Crippen MR) is 97.3 cm³/mol. The minimum absolute atomic E-state index is 0.0331. The summed E-state index contributed by atoms with van der Waals surface area (Å²) in [4.78, 5) is 24.6. The number of halogens is 2. The Kier molecular flexibility index (Phi) is 5.25. The van der Waals surface area contributed by atoms with E-state index in [4.69, 9.17) is 37.4 Å². The molecule has 1 heterocycles. The van der Waals surface area contributed by atoms with Crippen LogP contribution in [0.2, 0.25) is 10.0 Å². The third-order valence-electron chi connectivity index (χ3n) is 3.84. The summed E-state index contributed by atoms with van der Waals surface area (Å²) in [5.41, 5.74) is 1.44. The van der Waals surface area contributed by atoms with E-state index < -0.39 is 18.0 Å². The van der Waals surface area contributed by atoms with E-state index in [1.807, 2.05) is 0 Å². The van der Waals surface area contributed by atoms with Gasteiger partial charge in [-0.3, -0.25) is 4.79 Å². The van der Waals surface area contributed by atoms with E-state index in [0.717, 1.165) is 5.56 Å². The molecule has 0 radical (unpaired) electrons. The van der Waals surface area contributed by atoms with E-state index in [9.17, 15) is 9.59 Å². The first-order valence-corrected chi connectivity index (χ1v) is 8.48. The number of esters is 1. The van der Waals surface area contributed by atoms with Gasteiger partial charge in [-0.2, -0.15) is 0 Å². The molecular weight excluding hydrogens is 381 g/mol. The number of hydrogen-bond donors (Lipinski definition) is 1. The monoisotopic (exact) mass is 395 g/mol. The minimum atomic E-state index is -1.02. The van der Waals surface area contributed by atoms with Crippen molar-refractivity contribution >= 4 is 40.8 Å². The molecule has 1 atom stereocenters. The lowest BCUT2D eigenvalue weighted by Crippen LogP contribution is -2.30. The van der Waals surface area contributed by atoms with Crippen LogP contribution >= 0.6 is 23.2 Å². The van der Waals surface area contributed by atoms with Crippen molar-refractivity contribution in [2.45, 2.75) is 20.0 Å². The molecule has 3 rings (SSSR count). The highest BCUT2D eigenvalue weighted by atomic mass is 35.5. The average Bonchev–Trinajstić information content (AvgIpc) is 3.08. The highest BCUT2D eigenvalue weighted by Gasteiger charge is 2.24. The molecule has 6 nitrogen and oxygen atoms in total. The molecule has 0 aromatic heterocycles. The van der Waals surface area contributed by atoms with Gasteiger partial charge in [-0.05, 0) is 43.7 Å². The zero-order valence-electron chi connectivity index (χ0n) is 14.0. The molecule has 0 spiro atoms. The third-order valence-corrected chi connectivity index (χ3v) is 4.53. The normalized spacial score (nSPS) is 13.2. The maximum Gasteiger partial charge on any atom is 0.339 e. The van der Waals surface area contributed by atoms with E-state index in [1.165, 1.54) is 19.1 Å². The second-order valence-corrected chi connectivity index (χ2v) is 6.46. The van der Waals surface area contributed by atoms with Crippen LogP contribution in [-0.2, 0) is 9.53 Å². The van der Waals surface area contributed by atoms with Crippen molar-refractivity contribution in [2.75, 3.05) is 12.1 Å². The maximum absolute atomic E-state index is 12.3. The standard InChI is InChI=1S/C18H15Cl2NO5/c1-9-12(19)4-3-5-14(9)21-17(22)10(2)26-18(23)11-6-13(20)16-15(7-11)24-8-25-16/h3-7,10H,8H2,1-2H3,(H,21,22)/t10-/m0/s1. The lowest BCUT2D eigenvalue weighted by molar-refractivity contribution is -0.123. The highest BCUT2D eigenvalue weighted by Crippen LogP contribution is 2.40. The molecule has 1 N–H and O–H groups in total. The van der Waals surface area contributed by atoms with Gasteiger partial charge in [0.15, 0.2) is 17.6 Å². The average molecular weight is 396 g/mol. The molecule has 8 heteroatoms. The quantitative estimate of drug-likeness (QED) is 0.784. The summed E-state index contributed by atoms with van der Waals surface area (Å²) in [6.07, 6.45) is -1.02. The van der Waals surface area contributed by atoms with Crippen LogP contribution in [0, 0.1) is 6.92 Å². The van der Waals surface area contributed by atoms with Gasteiger partial charge >= 0.3 is 5.97 Å². The number of benzene rings is 2. The van der Waals surface area contributed by atoms with Crippen LogP contribution in [0.5, 0.6) is 11.5 Å². The fourth-order valence-corrected chi connectivity index (χ4v) is 2.78. The highest BCUT2D eigenvalue weighted by molar-refractivity contribution is 6.32. The summed E-state index contributed by atoms with van der Waals surface area (Å²) in [7, 11) is 0. The summed E-state index contributed by atoms with van der Waals surface area (Å²) < 4.78 is 15.6. The van der Waals surface area contributed by atoms with Crippen LogP contribution in [0.3, 0.4) is 0 Å². The van der Waals surface area contributed by atoms with Crippen LogP contribution in [0.4, 0.5) is 5.69 Å². The Morgan fingerprint density at radius 1 is 1.19 bits per heavy atom. The Morgan fingerprint density at radius 2 is 1.96 bits per heavy atom. The molecule has 1 aliphatic heterocycles. The van der Waals surface area contributed by atoms with Crippen LogP contribution in [0.25, 0.3) is 0 Å². The van der Waals surface area contributed by atoms with Crippen molar-refractivity contribution in [1.82, 2.24) is 0 Å². The Labute approximate surface area is 159 Å². The molecular formula is C18H15Cl2NO5. The van der Waals surface area contributed by atoms with Crippen molar-refractivity contribution in [1.29, 1.82) is 0 Å². The van der Waals surface area contributed by atoms with E-state index in [2.05, 4.69) is 5.32 Å². The molecule has 26 heavy (non-hydrogen) atoms. The summed E-state index contributed by atoms with van der Waals surface area (Å²) in [5.74, 6) is -0.437. The van der Waals surface area contributed by atoms with E-state index in [-0.39, 0.29) is 17.4 Å². The molecule has 2 aromatic rings. The van der Waals surface area contributed by atoms with Gasteiger partial charge in [0.25, 0.3) is 5.91 Å². The number of fused-ring (bicyclic) bond motifs is 1. The number of carbonyl (C=O) groups excluding carboxylic acids is 2. The van der Waals surface area contributed by atoms with Gasteiger partial charge in [-0.1, -0.05) is 29.3 Å². The van der Waals surface area contributed by atoms with Crippen molar-refractivity contribution in [3.8, 4) is 11.5 Å². The Hall–Kier alpha value is -2.44. The third kappa shape index (κ3) is 3.71. The van der Waals surface area contributed by atoms with Crippen LogP contribution in [0.15, 0.2) is 30.3 Å². The largest absolute Gasteiger partial charge is 0.454 e. The van der Waals surface area contributed by atoms with Gasteiger partial charge < -0.3 is 19.5 Å². The molecule has 0 bridgehead atoms. The van der Waals surface area contributed by atoms with Gasteiger partial charge in [0, 0.05) is 10.7 Å². The number of hydrogen-bond acceptors (Lipinski definition) is 5. The summed E-state index contributed by atoms with van der Waals surface area (Å²) in [6, 6.07) is 8.02. The fourth-order valence-electron chi connectivity index (χ4n) is 2.34. The Bertz CT molecular complexity index is 884. The van der Waals surface area contributed by atoms with Gasteiger partial charge in [0.05, 0.1) is 10.6 Å². The molecule has 0 aliphatic carbocycles. The van der Waals surface area contributed by atoms with Crippen LogP contribution in [0.1, 0.15) is 22.8 Å². The van der Waals surface area contributed by atoms with Gasteiger partial charge in [-0.25, -0.2) is 4.79 Å². The zero-order chi connectivity index (χ0) is 18.8. The van der Waals surface area contributed by atoms with Crippen molar-refractivity contribution in [3.63, 3.8) is 0 Å². The van der Waals surface area contributed by atoms with Crippen LogP contribution < -0.4 is 14.8 Å². The summed E-state index contributed by atoms with van der Waals surface area (Å²) in [6.45, 7) is 3.29. The van der Waals surface area contributed by atoms with E-state index in [0.29, 0.717) is 22.2 Å². The molecule has 136 valence electrons. The van der Waals surface area contributed by atoms with E-state index in [1.54, 1.807) is 25.1 Å². The van der Waals surface area contributed by atoms with E-state index >= 15 is 0 Å². The second-order valence-electron chi connectivity index (χ2n) is 5.64. The van der Waals surface area contributed by atoms with Crippen LogP contribution in [-0.4, -0.2) is 24.8 Å². The first-order valence-electron chi connectivity index (χ1n) is 7.73. The lowest BCUT2D eigenvalue weighted by atomic mass is 10.2. The smallest absolute Gasteiger partial charge is 0.339 e. The number of carbonyl (C=O) groups is 2. The SMILES string of the molecule is Cc1c(Cl)cccc1NC(=O)[C@H](C)OC(=O)c1cc(Cl)c2c(c1)OCO2. The number of ether oxygens (including phenoxy) is 3. The summed E-state index contributed by atoms with van der Waals surface area (Å²) in [5, 5.41) is 3.45. The maximum atomic E-state index is 12.3. The first kappa shape index (κ1) is 18.4.